The number of hydrogen-bond acceptors (Lipinski definition) is 1. The second-order valence-corrected chi connectivity index (χ2v) is 4.31. The van der Waals surface area contributed by atoms with E-state index in [1.54, 1.807) is 0 Å². The average molecular weight is 220 g/mol. The highest BCUT2D eigenvalue weighted by Crippen LogP contribution is 2.15. The summed E-state index contributed by atoms with van der Waals surface area (Å²) in [5.74, 6) is 1.21. The molecular formula is C13H14ClN. The molecule has 0 spiro atoms. The van der Waals surface area contributed by atoms with E-state index < -0.39 is 0 Å². The Bertz CT molecular complexity index is 453. The number of halogens is 1. The minimum absolute atomic E-state index is 0.509. The molecule has 2 heteroatoms. The van der Waals surface area contributed by atoms with Crippen LogP contribution in [0.4, 0.5) is 0 Å². The maximum atomic E-state index is 5.80. The van der Waals surface area contributed by atoms with Gasteiger partial charge in [-0.2, -0.15) is 0 Å². The SMILES string of the molecule is CC(CCl)Cc1cnc2ccccc2c1. The smallest absolute Gasteiger partial charge is 0.0702 e. The van der Waals surface area contributed by atoms with Gasteiger partial charge in [0.2, 0.25) is 0 Å². The third-order valence-corrected chi connectivity index (χ3v) is 3.02. The minimum atomic E-state index is 0.509. The first-order valence-corrected chi connectivity index (χ1v) is 5.72. The summed E-state index contributed by atoms with van der Waals surface area (Å²) in [6.07, 6.45) is 2.95. The van der Waals surface area contributed by atoms with Gasteiger partial charge in [0.15, 0.2) is 0 Å². The Morgan fingerprint density at radius 2 is 2.13 bits per heavy atom. The Labute approximate surface area is 95.1 Å². The molecule has 1 nitrogen and oxygen atoms in total. The quantitative estimate of drug-likeness (QED) is 0.719. The maximum Gasteiger partial charge on any atom is 0.0702 e. The highest BCUT2D eigenvalue weighted by molar-refractivity contribution is 6.18. The number of aromatic nitrogens is 1. The Morgan fingerprint density at radius 3 is 2.93 bits per heavy atom. The van der Waals surface area contributed by atoms with E-state index in [0.29, 0.717) is 11.8 Å². The summed E-state index contributed by atoms with van der Waals surface area (Å²) in [4.78, 5) is 4.43. The number of pyridine rings is 1. The van der Waals surface area contributed by atoms with Crippen LogP contribution in [0.1, 0.15) is 12.5 Å². The van der Waals surface area contributed by atoms with Crippen LogP contribution >= 0.6 is 11.6 Å². The fourth-order valence-corrected chi connectivity index (χ4v) is 1.79. The van der Waals surface area contributed by atoms with Gasteiger partial charge in [-0.25, -0.2) is 0 Å². The van der Waals surface area contributed by atoms with Crippen LogP contribution in [0, 0.1) is 5.92 Å². The molecule has 1 heterocycles. The van der Waals surface area contributed by atoms with E-state index in [0.717, 1.165) is 11.9 Å². The van der Waals surface area contributed by atoms with E-state index in [4.69, 9.17) is 11.6 Å². The molecule has 0 amide bonds. The highest BCUT2D eigenvalue weighted by atomic mass is 35.5. The fraction of sp³-hybridized carbons (Fsp3) is 0.308. The molecule has 0 radical (unpaired) electrons. The van der Waals surface area contributed by atoms with Crippen molar-refractivity contribution in [3.8, 4) is 0 Å². The Morgan fingerprint density at radius 1 is 1.33 bits per heavy atom. The number of fused-ring (bicyclic) bond motifs is 1. The summed E-state index contributed by atoms with van der Waals surface area (Å²) >= 11 is 5.80. The van der Waals surface area contributed by atoms with Gasteiger partial charge in [0.1, 0.15) is 0 Å². The van der Waals surface area contributed by atoms with Gasteiger partial charge >= 0.3 is 0 Å². The van der Waals surface area contributed by atoms with Crippen LogP contribution in [0.3, 0.4) is 0 Å². The van der Waals surface area contributed by atoms with Crippen molar-refractivity contribution in [3.63, 3.8) is 0 Å². The molecule has 0 saturated carbocycles. The van der Waals surface area contributed by atoms with Crippen molar-refractivity contribution in [2.75, 3.05) is 5.88 Å². The van der Waals surface area contributed by atoms with Crippen molar-refractivity contribution < 1.29 is 0 Å². The topological polar surface area (TPSA) is 12.9 Å². The Hall–Kier alpha value is -1.08. The summed E-state index contributed by atoms with van der Waals surface area (Å²) < 4.78 is 0. The van der Waals surface area contributed by atoms with E-state index in [-0.39, 0.29) is 0 Å². The number of rotatable bonds is 3. The van der Waals surface area contributed by atoms with Crippen molar-refractivity contribution in [1.29, 1.82) is 0 Å². The number of para-hydroxylation sites is 1. The van der Waals surface area contributed by atoms with E-state index >= 15 is 0 Å². The first-order valence-electron chi connectivity index (χ1n) is 5.19. The fourth-order valence-electron chi connectivity index (χ4n) is 1.69. The van der Waals surface area contributed by atoms with Crippen molar-refractivity contribution >= 4 is 22.5 Å². The molecular weight excluding hydrogens is 206 g/mol. The maximum absolute atomic E-state index is 5.80. The standard InChI is InChI=1S/C13H14ClN/c1-10(8-14)6-11-7-12-4-2-3-5-13(12)15-9-11/h2-5,7,9-10H,6,8H2,1H3. The van der Waals surface area contributed by atoms with Crippen molar-refractivity contribution in [1.82, 2.24) is 4.98 Å². The lowest BCUT2D eigenvalue weighted by atomic mass is 10.0. The molecule has 0 aliphatic carbocycles. The molecule has 0 N–H and O–H groups in total. The highest BCUT2D eigenvalue weighted by Gasteiger charge is 2.03. The molecule has 0 fully saturated rings. The van der Waals surface area contributed by atoms with Gasteiger partial charge in [-0.15, -0.1) is 11.6 Å². The molecule has 0 aliphatic heterocycles. The van der Waals surface area contributed by atoms with Crippen LogP contribution in [0.5, 0.6) is 0 Å². The van der Waals surface area contributed by atoms with Gasteiger partial charge in [0.05, 0.1) is 5.52 Å². The monoisotopic (exact) mass is 219 g/mol. The minimum Gasteiger partial charge on any atom is -0.256 e. The lowest BCUT2D eigenvalue weighted by molar-refractivity contribution is 0.654. The number of nitrogens with zero attached hydrogens (tertiary/aromatic N) is 1. The molecule has 0 saturated heterocycles. The summed E-state index contributed by atoms with van der Waals surface area (Å²) in [5.41, 5.74) is 2.32. The van der Waals surface area contributed by atoms with E-state index in [9.17, 15) is 0 Å². The molecule has 1 aromatic carbocycles. The van der Waals surface area contributed by atoms with Crippen LogP contribution in [0.2, 0.25) is 0 Å². The molecule has 2 rings (SSSR count). The number of alkyl halides is 1. The molecule has 0 bridgehead atoms. The van der Waals surface area contributed by atoms with Gasteiger partial charge in [0, 0.05) is 17.5 Å². The Kier molecular flexibility index (Phi) is 3.22. The van der Waals surface area contributed by atoms with Crippen LogP contribution in [-0.4, -0.2) is 10.9 Å². The summed E-state index contributed by atoms with van der Waals surface area (Å²) in [6, 6.07) is 10.4. The third-order valence-electron chi connectivity index (χ3n) is 2.49. The van der Waals surface area contributed by atoms with Gasteiger partial charge < -0.3 is 0 Å². The number of hydrogen-bond donors (Lipinski definition) is 0. The van der Waals surface area contributed by atoms with Gasteiger partial charge in [-0.3, -0.25) is 4.98 Å². The van der Waals surface area contributed by atoms with E-state index in [1.807, 2.05) is 24.4 Å². The summed E-state index contributed by atoms with van der Waals surface area (Å²) in [7, 11) is 0. The zero-order valence-electron chi connectivity index (χ0n) is 8.78. The predicted octanol–water partition coefficient (Wildman–Crippen LogP) is 3.65. The van der Waals surface area contributed by atoms with Crippen molar-refractivity contribution in [2.24, 2.45) is 5.92 Å². The second-order valence-electron chi connectivity index (χ2n) is 4.00. The van der Waals surface area contributed by atoms with Crippen LogP contribution in [-0.2, 0) is 6.42 Å². The summed E-state index contributed by atoms with van der Waals surface area (Å²) in [5, 5.41) is 1.21. The molecule has 1 atom stereocenters. The van der Waals surface area contributed by atoms with Crippen LogP contribution < -0.4 is 0 Å². The molecule has 15 heavy (non-hydrogen) atoms. The molecule has 0 aliphatic rings. The van der Waals surface area contributed by atoms with Gasteiger partial charge in [-0.1, -0.05) is 25.1 Å². The van der Waals surface area contributed by atoms with Crippen LogP contribution in [0.15, 0.2) is 36.5 Å². The first-order chi connectivity index (χ1) is 7.29. The van der Waals surface area contributed by atoms with Crippen molar-refractivity contribution in [2.45, 2.75) is 13.3 Å². The molecule has 1 unspecified atom stereocenters. The number of benzene rings is 1. The van der Waals surface area contributed by atoms with Crippen LogP contribution in [0.25, 0.3) is 10.9 Å². The zero-order valence-corrected chi connectivity index (χ0v) is 9.54. The largest absolute Gasteiger partial charge is 0.256 e. The van der Waals surface area contributed by atoms with E-state index in [2.05, 4.69) is 24.0 Å². The second kappa shape index (κ2) is 4.63. The molecule has 78 valence electrons. The van der Waals surface area contributed by atoms with E-state index in [1.165, 1.54) is 10.9 Å². The van der Waals surface area contributed by atoms with Crippen molar-refractivity contribution in [3.05, 3.63) is 42.1 Å². The lowest BCUT2D eigenvalue weighted by Gasteiger charge is -2.07. The zero-order chi connectivity index (χ0) is 10.7. The third kappa shape index (κ3) is 2.48. The normalized spacial score (nSPS) is 12.9. The Balaban J connectivity index is 2.30. The molecule has 2 aromatic rings. The predicted molar refractivity (Wildman–Crippen MR) is 65.3 cm³/mol. The van der Waals surface area contributed by atoms with Gasteiger partial charge in [0.25, 0.3) is 0 Å². The average Bonchev–Trinajstić information content (AvgIpc) is 2.29. The van der Waals surface area contributed by atoms with Gasteiger partial charge in [-0.05, 0) is 30.0 Å². The first kappa shape index (κ1) is 10.4. The summed E-state index contributed by atoms with van der Waals surface area (Å²) in [6.45, 7) is 2.15. The molecule has 1 aromatic heterocycles. The lowest BCUT2D eigenvalue weighted by Crippen LogP contribution is -2.01.